The van der Waals surface area contributed by atoms with E-state index in [0.717, 1.165) is 0 Å². The number of ketones is 1. The van der Waals surface area contributed by atoms with Crippen molar-refractivity contribution in [3.63, 3.8) is 0 Å². The van der Waals surface area contributed by atoms with E-state index < -0.39 is 17.4 Å². The summed E-state index contributed by atoms with van der Waals surface area (Å²) in [6.45, 7) is 1.58. The fourth-order valence-corrected chi connectivity index (χ4v) is 1.98. The Morgan fingerprint density at radius 1 is 1.10 bits per heavy atom. The van der Waals surface area contributed by atoms with Crippen molar-refractivity contribution in [1.82, 2.24) is 0 Å². The lowest BCUT2D eigenvalue weighted by Gasteiger charge is -2.08. The summed E-state index contributed by atoms with van der Waals surface area (Å²) in [5, 5.41) is 0. The number of carbonyl (C=O) groups excluding carboxylic acids is 1. The summed E-state index contributed by atoms with van der Waals surface area (Å²) in [5.41, 5.74) is 0.560. The SMILES string of the molecule is COc1cccc(CC(=O)c2cccc(C)c2F)c1F. The molecule has 0 heterocycles. The molecule has 2 nitrogen and oxygen atoms in total. The van der Waals surface area contributed by atoms with Crippen molar-refractivity contribution >= 4 is 5.78 Å². The molecular weight excluding hydrogens is 262 g/mol. The number of methoxy groups -OCH3 is 1. The molecule has 0 N–H and O–H groups in total. The van der Waals surface area contributed by atoms with Gasteiger partial charge in [-0.25, -0.2) is 8.78 Å². The minimum Gasteiger partial charge on any atom is -0.494 e. The summed E-state index contributed by atoms with van der Waals surface area (Å²) in [6, 6.07) is 9.14. The normalized spacial score (nSPS) is 10.4. The highest BCUT2D eigenvalue weighted by atomic mass is 19.1. The maximum Gasteiger partial charge on any atom is 0.170 e. The summed E-state index contributed by atoms with van der Waals surface area (Å²) < 4.78 is 32.7. The molecule has 0 spiro atoms. The van der Waals surface area contributed by atoms with E-state index in [1.165, 1.54) is 25.3 Å². The standard InChI is InChI=1S/C16H14F2O2/c1-10-5-3-7-12(15(10)17)13(19)9-11-6-4-8-14(20-2)16(11)18/h3-8H,9H2,1-2H3. The van der Waals surface area contributed by atoms with Crippen molar-refractivity contribution in [2.24, 2.45) is 0 Å². The second-order valence-electron chi connectivity index (χ2n) is 4.47. The molecular formula is C16H14F2O2. The van der Waals surface area contributed by atoms with Gasteiger partial charge in [0.2, 0.25) is 0 Å². The van der Waals surface area contributed by atoms with Gasteiger partial charge in [-0.1, -0.05) is 24.3 Å². The van der Waals surface area contributed by atoms with Crippen molar-refractivity contribution in [2.75, 3.05) is 7.11 Å². The quantitative estimate of drug-likeness (QED) is 0.796. The molecule has 2 rings (SSSR count). The van der Waals surface area contributed by atoms with E-state index >= 15 is 0 Å². The molecule has 0 amide bonds. The van der Waals surface area contributed by atoms with Gasteiger partial charge >= 0.3 is 0 Å². The molecule has 4 heteroatoms. The Hall–Kier alpha value is -2.23. The number of hydrogen-bond donors (Lipinski definition) is 0. The van der Waals surface area contributed by atoms with E-state index in [1.807, 2.05) is 0 Å². The molecule has 0 aromatic heterocycles. The highest BCUT2D eigenvalue weighted by Gasteiger charge is 2.17. The summed E-state index contributed by atoms with van der Waals surface area (Å²) >= 11 is 0. The number of halogens is 2. The smallest absolute Gasteiger partial charge is 0.170 e. The molecule has 0 aliphatic heterocycles. The number of benzene rings is 2. The molecule has 2 aromatic carbocycles. The number of carbonyl (C=O) groups is 1. The maximum atomic E-state index is 14.0. The number of aryl methyl sites for hydroxylation is 1. The average molecular weight is 276 g/mol. The van der Waals surface area contributed by atoms with Gasteiger partial charge in [-0.05, 0) is 30.2 Å². The Labute approximate surface area is 116 Å². The van der Waals surface area contributed by atoms with Gasteiger partial charge in [0.05, 0.1) is 12.7 Å². The van der Waals surface area contributed by atoms with Crippen molar-refractivity contribution in [2.45, 2.75) is 13.3 Å². The molecule has 0 aliphatic carbocycles. The van der Waals surface area contributed by atoms with Crippen LogP contribution in [0.25, 0.3) is 0 Å². The van der Waals surface area contributed by atoms with Crippen LogP contribution in [0.15, 0.2) is 36.4 Å². The lowest BCUT2D eigenvalue weighted by Crippen LogP contribution is -2.09. The van der Waals surface area contributed by atoms with E-state index in [-0.39, 0.29) is 23.3 Å². The topological polar surface area (TPSA) is 26.3 Å². The number of rotatable bonds is 4. The molecule has 2 aromatic rings. The van der Waals surface area contributed by atoms with Crippen molar-refractivity contribution < 1.29 is 18.3 Å². The first-order valence-corrected chi connectivity index (χ1v) is 6.14. The second kappa shape index (κ2) is 5.82. The number of Topliss-reactive ketones (excluding diaryl/α,β-unsaturated/α-hetero) is 1. The van der Waals surface area contributed by atoms with E-state index in [2.05, 4.69) is 0 Å². The molecule has 0 saturated heterocycles. The highest BCUT2D eigenvalue weighted by molar-refractivity contribution is 5.98. The minimum atomic E-state index is -0.587. The first-order chi connectivity index (χ1) is 9.54. The van der Waals surface area contributed by atoms with Gasteiger partial charge in [0.15, 0.2) is 17.3 Å². The third kappa shape index (κ3) is 2.69. The Balaban J connectivity index is 2.31. The van der Waals surface area contributed by atoms with Gasteiger partial charge in [-0.15, -0.1) is 0 Å². The van der Waals surface area contributed by atoms with Gasteiger partial charge in [-0.3, -0.25) is 4.79 Å². The van der Waals surface area contributed by atoms with Crippen LogP contribution in [0.4, 0.5) is 8.78 Å². The van der Waals surface area contributed by atoms with Crippen LogP contribution in [0.1, 0.15) is 21.5 Å². The highest BCUT2D eigenvalue weighted by Crippen LogP contribution is 2.22. The fraction of sp³-hybridized carbons (Fsp3) is 0.188. The van der Waals surface area contributed by atoms with Gasteiger partial charge in [0.25, 0.3) is 0 Å². The van der Waals surface area contributed by atoms with Crippen molar-refractivity contribution in [1.29, 1.82) is 0 Å². The van der Waals surface area contributed by atoms with Crippen LogP contribution in [0, 0.1) is 18.6 Å². The van der Waals surface area contributed by atoms with Crippen LogP contribution < -0.4 is 4.74 Å². The fourth-order valence-electron chi connectivity index (χ4n) is 1.98. The van der Waals surface area contributed by atoms with Crippen LogP contribution in [0.2, 0.25) is 0 Å². The zero-order valence-corrected chi connectivity index (χ0v) is 11.2. The van der Waals surface area contributed by atoms with Gasteiger partial charge in [-0.2, -0.15) is 0 Å². The van der Waals surface area contributed by atoms with E-state index in [9.17, 15) is 13.6 Å². The molecule has 104 valence electrons. The predicted molar refractivity (Wildman–Crippen MR) is 72.1 cm³/mol. The maximum absolute atomic E-state index is 14.0. The first kappa shape index (κ1) is 14.2. The van der Waals surface area contributed by atoms with E-state index in [4.69, 9.17) is 4.74 Å². The lowest BCUT2D eigenvalue weighted by molar-refractivity contribution is 0.0987. The van der Waals surface area contributed by atoms with Crippen LogP contribution in [-0.2, 0) is 6.42 Å². The van der Waals surface area contributed by atoms with Crippen LogP contribution in [0.3, 0.4) is 0 Å². The number of ether oxygens (including phenoxy) is 1. The van der Waals surface area contributed by atoms with Gasteiger partial charge < -0.3 is 4.74 Å². The average Bonchev–Trinajstić information content (AvgIpc) is 2.44. The van der Waals surface area contributed by atoms with Crippen molar-refractivity contribution in [3.05, 3.63) is 64.7 Å². The van der Waals surface area contributed by atoms with Crippen LogP contribution >= 0.6 is 0 Å². The molecule has 0 unspecified atom stereocenters. The summed E-state index contributed by atoms with van der Waals surface area (Å²) in [7, 11) is 1.35. The monoisotopic (exact) mass is 276 g/mol. The summed E-state index contributed by atoms with van der Waals surface area (Å²) in [5.74, 6) is -1.53. The van der Waals surface area contributed by atoms with Crippen LogP contribution in [-0.4, -0.2) is 12.9 Å². The lowest BCUT2D eigenvalue weighted by atomic mass is 10.0. The molecule has 0 saturated carbocycles. The summed E-state index contributed by atoms with van der Waals surface area (Å²) in [6.07, 6.45) is -0.205. The second-order valence-corrected chi connectivity index (χ2v) is 4.47. The van der Waals surface area contributed by atoms with Gasteiger partial charge in [0, 0.05) is 6.42 Å². The Morgan fingerprint density at radius 3 is 2.50 bits per heavy atom. The van der Waals surface area contributed by atoms with E-state index in [1.54, 1.807) is 25.1 Å². The zero-order chi connectivity index (χ0) is 14.7. The Bertz CT molecular complexity index is 651. The third-order valence-electron chi connectivity index (χ3n) is 3.11. The minimum absolute atomic E-state index is 0.0211. The molecule has 0 radical (unpaired) electrons. The predicted octanol–water partition coefficient (Wildman–Crippen LogP) is 3.71. The van der Waals surface area contributed by atoms with Crippen LogP contribution in [0.5, 0.6) is 5.75 Å². The largest absolute Gasteiger partial charge is 0.494 e. The molecule has 0 atom stereocenters. The first-order valence-electron chi connectivity index (χ1n) is 6.14. The Kier molecular flexibility index (Phi) is 4.13. The molecule has 20 heavy (non-hydrogen) atoms. The molecule has 0 aliphatic rings. The van der Waals surface area contributed by atoms with Gasteiger partial charge in [0.1, 0.15) is 5.82 Å². The number of hydrogen-bond acceptors (Lipinski definition) is 2. The van der Waals surface area contributed by atoms with Crippen molar-refractivity contribution in [3.8, 4) is 5.75 Å². The van der Waals surface area contributed by atoms with E-state index in [0.29, 0.717) is 5.56 Å². The summed E-state index contributed by atoms with van der Waals surface area (Å²) in [4.78, 5) is 12.1. The Morgan fingerprint density at radius 2 is 1.80 bits per heavy atom. The molecule has 0 bridgehead atoms. The zero-order valence-electron chi connectivity index (χ0n) is 11.2. The molecule has 0 fully saturated rings. The third-order valence-corrected chi connectivity index (χ3v) is 3.11.